The van der Waals surface area contributed by atoms with Crippen molar-refractivity contribution in [1.82, 2.24) is 10.0 Å². The van der Waals surface area contributed by atoms with Crippen LogP contribution in [0.4, 0.5) is 0 Å². The molecule has 58 valence electrons. The second-order valence-electron chi connectivity index (χ2n) is 2.67. The van der Waals surface area contributed by atoms with Crippen LogP contribution in [0.1, 0.15) is 11.3 Å². The quantitative estimate of drug-likeness (QED) is 0.550. The van der Waals surface area contributed by atoms with Crippen molar-refractivity contribution in [2.45, 2.75) is 13.2 Å². The summed E-state index contributed by atoms with van der Waals surface area (Å²) in [6, 6.07) is 3.99. The van der Waals surface area contributed by atoms with E-state index in [1.807, 2.05) is 19.3 Å². The Bertz CT molecular complexity index is 262. The summed E-state index contributed by atoms with van der Waals surface area (Å²) in [6.07, 6.45) is 1.82. The van der Waals surface area contributed by atoms with Crippen LogP contribution in [0.25, 0.3) is 0 Å². The van der Waals surface area contributed by atoms with Gasteiger partial charge in [-0.1, -0.05) is 6.07 Å². The van der Waals surface area contributed by atoms with Gasteiger partial charge >= 0.3 is 0 Å². The Morgan fingerprint density at radius 2 is 2.55 bits per heavy atom. The fourth-order valence-electron chi connectivity index (χ4n) is 1.18. The Labute approximate surface area is 65.6 Å². The molecule has 1 aliphatic rings. The van der Waals surface area contributed by atoms with Crippen LogP contribution in [0.2, 0.25) is 0 Å². The molecule has 11 heavy (non-hydrogen) atoms. The SMILES string of the molecule is CN1Cc2ncccc2CO1. The topological polar surface area (TPSA) is 25.4 Å². The van der Waals surface area contributed by atoms with Crippen molar-refractivity contribution >= 4 is 0 Å². The molecule has 1 aliphatic heterocycles. The number of hydrogen-bond acceptors (Lipinski definition) is 3. The molecule has 0 aromatic carbocycles. The summed E-state index contributed by atoms with van der Waals surface area (Å²) >= 11 is 0. The summed E-state index contributed by atoms with van der Waals surface area (Å²) < 4.78 is 0. The predicted molar refractivity (Wildman–Crippen MR) is 40.5 cm³/mol. The molecule has 1 aromatic rings. The zero-order valence-electron chi connectivity index (χ0n) is 6.45. The highest BCUT2D eigenvalue weighted by molar-refractivity contribution is 5.19. The molecule has 0 spiro atoms. The minimum atomic E-state index is 0.652. The molecule has 0 atom stereocenters. The fourth-order valence-corrected chi connectivity index (χ4v) is 1.18. The lowest BCUT2D eigenvalue weighted by atomic mass is 10.2. The molecule has 0 radical (unpaired) electrons. The molecule has 0 bridgehead atoms. The Kier molecular flexibility index (Phi) is 1.60. The van der Waals surface area contributed by atoms with E-state index < -0.39 is 0 Å². The summed E-state index contributed by atoms with van der Waals surface area (Å²) in [5.41, 5.74) is 2.33. The van der Waals surface area contributed by atoms with Crippen molar-refractivity contribution in [1.29, 1.82) is 0 Å². The number of nitrogens with zero attached hydrogens (tertiary/aromatic N) is 2. The van der Waals surface area contributed by atoms with Gasteiger partial charge in [-0.15, -0.1) is 0 Å². The molecule has 3 heteroatoms. The van der Waals surface area contributed by atoms with Crippen LogP contribution in [-0.2, 0) is 18.0 Å². The maximum atomic E-state index is 5.30. The van der Waals surface area contributed by atoms with E-state index in [4.69, 9.17) is 4.84 Å². The van der Waals surface area contributed by atoms with Gasteiger partial charge < -0.3 is 0 Å². The predicted octanol–water partition coefficient (Wildman–Crippen LogP) is 0.959. The average molecular weight is 150 g/mol. The van der Waals surface area contributed by atoms with Gasteiger partial charge in [0.2, 0.25) is 0 Å². The first-order valence-corrected chi connectivity index (χ1v) is 3.63. The third-order valence-corrected chi connectivity index (χ3v) is 1.80. The van der Waals surface area contributed by atoms with Crippen LogP contribution in [0.15, 0.2) is 18.3 Å². The first kappa shape index (κ1) is 6.76. The molecule has 0 aliphatic carbocycles. The highest BCUT2D eigenvalue weighted by Crippen LogP contribution is 2.14. The molecule has 1 aromatic heterocycles. The Balaban J connectivity index is 2.34. The molecule has 3 nitrogen and oxygen atoms in total. The minimum absolute atomic E-state index is 0.652. The smallest absolute Gasteiger partial charge is 0.0954 e. The van der Waals surface area contributed by atoms with Gasteiger partial charge in [0, 0.05) is 18.8 Å². The van der Waals surface area contributed by atoms with Gasteiger partial charge in [-0.2, -0.15) is 5.06 Å². The maximum Gasteiger partial charge on any atom is 0.0954 e. The Morgan fingerprint density at radius 1 is 1.64 bits per heavy atom. The highest BCUT2D eigenvalue weighted by Gasteiger charge is 2.13. The van der Waals surface area contributed by atoms with E-state index >= 15 is 0 Å². The number of pyridine rings is 1. The van der Waals surface area contributed by atoms with Gasteiger partial charge in [0.1, 0.15) is 0 Å². The number of aromatic nitrogens is 1. The van der Waals surface area contributed by atoms with Gasteiger partial charge in [-0.05, 0) is 6.07 Å². The van der Waals surface area contributed by atoms with Crippen molar-refractivity contribution in [3.05, 3.63) is 29.6 Å². The van der Waals surface area contributed by atoms with E-state index in [0.29, 0.717) is 6.61 Å². The summed E-state index contributed by atoms with van der Waals surface area (Å²) in [4.78, 5) is 9.55. The number of rotatable bonds is 0. The molecule has 2 heterocycles. The molecule has 0 unspecified atom stereocenters. The maximum absolute atomic E-state index is 5.30. The number of hydroxylamine groups is 2. The summed E-state index contributed by atoms with van der Waals surface area (Å²) in [7, 11) is 1.91. The lowest BCUT2D eigenvalue weighted by molar-refractivity contribution is -0.169. The van der Waals surface area contributed by atoms with Crippen LogP contribution in [0, 0.1) is 0 Å². The monoisotopic (exact) mass is 150 g/mol. The van der Waals surface area contributed by atoms with E-state index in [2.05, 4.69) is 11.1 Å². The second-order valence-corrected chi connectivity index (χ2v) is 2.67. The number of fused-ring (bicyclic) bond motifs is 1. The molecule has 0 saturated carbocycles. The van der Waals surface area contributed by atoms with E-state index in [1.165, 1.54) is 5.56 Å². The first-order chi connectivity index (χ1) is 5.36. The van der Waals surface area contributed by atoms with Crippen molar-refractivity contribution < 1.29 is 4.84 Å². The van der Waals surface area contributed by atoms with Gasteiger partial charge in [0.05, 0.1) is 18.8 Å². The van der Waals surface area contributed by atoms with Gasteiger partial charge in [-0.3, -0.25) is 9.82 Å². The molecule has 0 N–H and O–H groups in total. The van der Waals surface area contributed by atoms with Gasteiger partial charge in [0.25, 0.3) is 0 Å². The Morgan fingerprint density at radius 3 is 3.45 bits per heavy atom. The zero-order chi connectivity index (χ0) is 7.68. The van der Waals surface area contributed by atoms with Crippen LogP contribution in [0.5, 0.6) is 0 Å². The summed E-state index contributed by atoms with van der Waals surface area (Å²) in [5.74, 6) is 0. The molecular formula is C8H10N2O. The Hall–Kier alpha value is -0.930. The summed E-state index contributed by atoms with van der Waals surface area (Å²) in [5, 5.41) is 1.80. The van der Waals surface area contributed by atoms with Crippen LogP contribution in [0.3, 0.4) is 0 Å². The van der Waals surface area contributed by atoms with Crippen molar-refractivity contribution in [3.63, 3.8) is 0 Å². The van der Waals surface area contributed by atoms with E-state index in [9.17, 15) is 0 Å². The molecule has 0 fully saturated rings. The van der Waals surface area contributed by atoms with Crippen molar-refractivity contribution in [2.75, 3.05) is 7.05 Å². The van der Waals surface area contributed by atoms with Crippen LogP contribution >= 0.6 is 0 Å². The molecule has 0 saturated heterocycles. The van der Waals surface area contributed by atoms with E-state index in [0.717, 1.165) is 12.2 Å². The lowest BCUT2D eigenvalue weighted by Crippen LogP contribution is -2.24. The number of hydrogen-bond donors (Lipinski definition) is 0. The molecular weight excluding hydrogens is 140 g/mol. The van der Waals surface area contributed by atoms with Crippen molar-refractivity contribution in [3.8, 4) is 0 Å². The van der Waals surface area contributed by atoms with Crippen LogP contribution in [-0.4, -0.2) is 17.1 Å². The van der Waals surface area contributed by atoms with Gasteiger partial charge in [0.15, 0.2) is 0 Å². The third-order valence-electron chi connectivity index (χ3n) is 1.80. The van der Waals surface area contributed by atoms with Crippen molar-refractivity contribution in [2.24, 2.45) is 0 Å². The first-order valence-electron chi connectivity index (χ1n) is 3.63. The highest BCUT2D eigenvalue weighted by atomic mass is 16.7. The molecule has 2 rings (SSSR count). The normalized spacial score (nSPS) is 17.9. The minimum Gasteiger partial charge on any atom is -0.294 e. The zero-order valence-corrected chi connectivity index (χ0v) is 6.45. The van der Waals surface area contributed by atoms with E-state index in [-0.39, 0.29) is 0 Å². The lowest BCUT2D eigenvalue weighted by Gasteiger charge is -2.23. The van der Waals surface area contributed by atoms with Gasteiger partial charge in [-0.25, -0.2) is 0 Å². The third kappa shape index (κ3) is 1.25. The van der Waals surface area contributed by atoms with Crippen LogP contribution < -0.4 is 0 Å². The fraction of sp³-hybridized carbons (Fsp3) is 0.375. The summed E-state index contributed by atoms with van der Waals surface area (Å²) in [6.45, 7) is 1.44. The van der Waals surface area contributed by atoms with E-state index in [1.54, 1.807) is 5.06 Å². The average Bonchev–Trinajstić information content (AvgIpc) is 2.04. The largest absolute Gasteiger partial charge is 0.294 e. The standard InChI is InChI=1S/C8H10N2O/c1-10-5-8-7(6-11-10)3-2-4-9-8/h2-4H,5-6H2,1H3. The molecule has 0 amide bonds. The second kappa shape index (κ2) is 2.60.